The second kappa shape index (κ2) is 8.20. The lowest BCUT2D eigenvalue weighted by Gasteiger charge is -2.41. The molecule has 0 bridgehead atoms. The van der Waals surface area contributed by atoms with Gasteiger partial charge in [-0.05, 0) is 55.0 Å². The Kier molecular flexibility index (Phi) is 5.70. The van der Waals surface area contributed by atoms with E-state index in [0.29, 0.717) is 0 Å². The van der Waals surface area contributed by atoms with Crippen molar-refractivity contribution in [2.45, 2.75) is 18.6 Å². The smallest absolute Gasteiger partial charge is 0.120 e. The fourth-order valence-electron chi connectivity index (χ4n) is 4.22. The molecular weight excluding hydrogens is 389 g/mol. The van der Waals surface area contributed by atoms with Crippen LogP contribution in [0.3, 0.4) is 0 Å². The molecule has 27 heavy (non-hydrogen) atoms. The molecule has 1 nitrogen and oxygen atoms in total. The molecule has 1 aliphatic heterocycles. The first kappa shape index (κ1) is 18.8. The second-order valence-electron chi connectivity index (χ2n) is 7.36. The third-order valence-corrected chi connectivity index (χ3v) is 11.3. The molecular formula is C23H23Cl2NSi. The second-order valence-corrected chi connectivity index (χ2v) is 12.5. The van der Waals surface area contributed by atoms with Gasteiger partial charge in [-0.25, -0.2) is 0 Å². The van der Waals surface area contributed by atoms with Crippen molar-refractivity contribution in [3.8, 4) is 0 Å². The van der Waals surface area contributed by atoms with E-state index in [-0.39, 0.29) is 0 Å². The van der Waals surface area contributed by atoms with Gasteiger partial charge in [-0.2, -0.15) is 0 Å². The van der Waals surface area contributed by atoms with Crippen LogP contribution >= 0.6 is 23.2 Å². The summed E-state index contributed by atoms with van der Waals surface area (Å²) in [5, 5.41) is 4.57. The maximum atomic E-state index is 6.17. The first-order valence-electron chi connectivity index (χ1n) is 9.44. The lowest BCUT2D eigenvalue weighted by atomic mass is 10.2. The van der Waals surface area contributed by atoms with Crippen LogP contribution in [-0.4, -0.2) is 26.1 Å². The third-order valence-electron chi connectivity index (χ3n) is 5.75. The highest BCUT2D eigenvalue weighted by molar-refractivity contribution is 7.02. The van der Waals surface area contributed by atoms with Crippen molar-refractivity contribution in [3.05, 3.63) is 94.5 Å². The molecule has 1 heterocycles. The molecule has 0 atom stereocenters. The summed E-state index contributed by atoms with van der Waals surface area (Å²) in [7, 11) is -1.80. The third kappa shape index (κ3) is 4.14. The molecule has 0 spiro atoms. The summed E-state index contributed by atoms with van der Waals surface area (Å²) in [4.78, 5) is 2.59. The fraction of sp³-hybridized carbons (Fsp3) is 0.217. The van der Waals surface area contributed by atoms with Gasteiger partial charge in [0.05, 0.1) is 0 Å². The minimum atomic E-state index is -1.80. The van der Waals surface area contributed by atoms with Gasteiger partial charge >= 0.3 is 0 Å². The Labute approximate surface area is 172 Å². The van der Waals surface area contributed by atoms with Gasteiger partial charge < -0.3 is 0 Å². The zero-order valence-electron chi connectivity index (χ0n) is 15.2. The highest BCUT2D eigenvalue weighted by atomic mass is 35.5. The maximum Gasteiger partial charge on any atom is 0.120 e. The van der Waals surface area contributed by atoms with E-state index in [1.807, 2.05) is 24.3 Å². The summed E-state index contributed by atoms with van der Waals surface area (Å²) in [6, 6.07) is 30.4. The molecule has 3 aromatic rings. The van der Waals surface area contributed by atoms with Crippen molar-refractivity contribution in [2.24, 2.45) is 0 Å². The van der Waals surface area contributed by atoms with Gasteiger partial charge in [0.25, 0.3) is 0 Å². The van der Waals surface area contributed by atoms with E-state index in [4.69, 9.17) is 23.2 Å². The minimum absolute atomic E-state index is 0.806. The summed E-state index contributed by atoms with van der Waals surface area (Å²) >= 11 is 12.3. The first-order chi connectivity index (χ1) is 13.2. The SMILES string of the molecule is Clc1ccc([Si]2(c3ccc(Cl)cc3)CCN(Cc3ccccc3)CC2)cc1. The van der Waals surface area contributed by atoms with Crippen molar-refractivity contribution >= 4 is 41.6 Å². The Hall–Kier alpha value is -1.58. The topological polar surface area (TPSA) is 3.24 Å². The van der Waals surface area contributed by atoms with Gasteiger partial charge in [0.1, 0.15) is 8.07 Å². The maximum absolute atomic E-state index is 6.17. The van der Waals surface area contributed by atoms with E-state index in [0.717, 1.165) is 29.7 Å². The highest BCUT2D eigenvalue weighted by Gasteiger charge is 2.40. The predicted octanol–water partition coefficient (Wildman–Crippen LogP) is 5.07. The predicted molar refractivity (Wildman–Crippen MR) is 119 cm³/mol. The van der Waals surface area contributed by atoms with Crippen LogP contribution in [0, 0.1) is 0 Å². The van der Waals surface area contributed by atoms with Crippen molar-refractivity contribution < 1.29 is 0 Å². The number of halogens is 2. The molecule has 0 saturated carbocycles. The Morgan fingerprint density at radius 3 is 1.63 bits per heavy atom. The van der Waals surface area contributed by atoms with Gasteiger partial charge in [-0.15, -0.1) is 0 Å². The van der Waals surface area contributed by atoms with Crippen LogP contribution in [0.4, 0.5) is 0 Å². The highest BCUT2D eigenvalue weighted by Crippen LogP contribution is 2.25. The number of benzene rings is 3. The monoisotopic (exact) mass is 411 g/mol. The molecule has 0 radical (unpaired) electrons. The molecule has 1 aliphatic rings. The Balaban J connectivity index is 1.60. The number of nitrogens with zero attached hydrogens (tertiary/aromatic N) is 1. The van der Waals surface area contributed by atoms with Gasteiger partial charge in [-0.3, -0.25) is 4.90 Å². The molecule has 0 aliphatic carbocycles. The summed E-state index contributed by atoms with van der Waals surface area (Å²) < 4.78 is 0. The normalized spacial score (nSPS) is 17.0. The Morgan fingerprint density at radius 1 is 0.667 bits per heavy atom. The van der Waals surface area contributed by atoms with Crippen molar-refractivity contribution in [2.75, 3.05) is 13.1 Å². The zero-order chi connectivity index (χ0) is 18.7. The van der Waals surface area contributed by atoms with E-state index < -0.39 is 8.07 Å². The quantitative estimate of drug-likeness (QED) is 0.541. The lowest BCUT2D eigenvalue weighted by Crippen LogP contribution is -2.63. The largest absolute Gasteiger partial charge is 0.300 e. The van der Waals surface area contributed by atoms with Crippen LogP contribution in [0.5, 0.6) is 0 Å². The molecule has 0 N–H and O–H groups in total. The van der Waals surface area contributed by atoms with Gasteiger partial charge in [0.15, 0.2) is 0 Å². The average molecular weight is 412 g/mol. The fourth-order valence-corrected chi connectivity index (χ4v) is 9.21. The molecule has 0 amide bonds. The van der Waals surface area contributed by atoms with Gasteiger partial charge in [0.2, 0.25) is 0 Å². The van der Waals surface area contributed by atoms with Crippen LogP contribution < -0.4 is 10.4 Å². The summed E-state index contributed by atoms with van der Waals surface area (Å²) in [5.41, 5.74) is 1.39. The Bertz CT molecular complexity index is 823. The van der Waals surface area contributed by atoms with Gasteiger partial charge in [-0.1, -0.05) is 88.2 Å². The number of hydrogen-bond donors (Lipinski definition) is 0. The van der Waals surface area contributed by atoms with E-state index in [1.165, 1.54) is 28.0 Å². The molecule has 4 heteroatoms. The molecule has 138 valence electrons. The average Bonchev–Trinajstić information content (AvgIpc) is 2.71. The van der Waals surface area contributed by atoms with E-state index >= 15 is 0 Å². The molecule has 3 aromatic carbocycles. The summed E-state index contributed by atoms with van der Waals surface area (Å²) in [6.45, 7) is 3.30. The molecule has 4 rings (SSSR count). The van der Waals surface area contributed by atoms with Crippen LogP contribution in [0.2, 0.25) is 22.1 Å². The van der Waals surface area contributed by atoms with E-state index in [2.05, 4.69) is 59.5 Å². The first-order valence-corrected chi connectivity index (χ1v) is 12.6. The van der Waals surface area contributed by atoms with Crippen molar-refractivity contribution in [1.29, 1.82) is 0 Å². The zero-order valence-corrected chi connectivity index (χ0v) is 17.8. The lowest BCUT2D eigenvalue weighted by molar-refractivity contribution is 0.283. The number of hydrogen-bond acceptors (Lipinski definition) is 1. The molecule has 1 saturated heterocycles. The van der Waals surface area contributed by atoms with Crippen LogP contribution in [0.15, 0.2) is 78.9 Å². The van der Waals surface area contributed by atoms with E-state index in [1.54, 1.807) is 0 Å². The van der Waals surface area contributed by atoms with Gasteiger partial charge in [0, 0.05) is 16.6 Å². The Morgan fingerprint density at radius 2 is 1.15 bits per heavy atom. The summed E-state index contributed by atoms with van der Waals surface area (Å²) in [5.74, 6) is 0. The molecule has 1 fully saturated rings. The minimum Gasteiger partial charge on any atom is -0.300 e. The van der Waals surface area contributed by atoms with E-state index in [9.17, 15) is 0 Å². The standard InChI is InChI=1S/C23H23Cl2NSi/c24-20-6-10-22(11-7-20)27(23-12-8-21(25)9-13-23)16-14-26(15-17-27)18-19-4-2-1-3-5-19/h1-13H,14-18H2. The number of rotatable bonds is 4. The van der Waals surface area contributed by atoms with Crippen LogP contribution in [0.1, 0.15) is 5.56 Å². The van der Waals surface area contributed by atoms with Crippen molar-refractivity contribution in [3.63, 3.8) is 0 Å². The molecule has 0 aromatic heterocycles. The van der Waals surface area contributed by atoms with Crippen LogP contribution in [0.25, 0.3) is 0 Å². The molecule has 0 unspecified atom stereocenters. The van der Waals surface area contributed by atoms with Crippen molar-refractivity contribution in [1.82, 2.24) is 4.90 Å². The van der Waals surface area contributed by atoms with Crippen LogP contribution in [-0.2, 0) is 6.54 Å². The summed E-state index contributed by atoms with van der Waals surface area (Å²) in [6.07, 6.45) is 0.